The van der Waals surface area contributed by atoms with E-state index in [1.807, 2.05) is 0 Å². The largest absolute Gasteiger partial charge is 0.497 e. The highest BCUT2D eigenvalue weighted by Crippen LogP contribution is 2.29. The van der Waals surface area contributed by atoms with Crippen LogP contribution in [0.5, 0.6) is 11.5 Å². The molecule has 2 aromatic rings. The Morgan fingerprint density at radius 2 is 1.88 bits per heavy atom. The molecule has 1 heterocycles. The van der Waals surface area contributed by atoms with Crippen LogP contribution in [-0.2, 0) is 0 Å². The lowest BCUT2D eigenvalue weighted by Crippen LogP contribution is -2.23. The number of pyridine rings is 1. The van der Waals surface area contributed by atoms with Gasteiger partial charge in [-0.3, -0.25) is 4.79 Å². The van der Waals surface area contributed by atoms with Gasteiger partial charge in [0.05, 0.1) is 19.9 Å². The maximum Gasteiger partial charge on any atom is 0.255 e. The molecular weight excluding hydrogens is 330 g/mol. The quantitative estimate of drug-likeness (QED) is 0.816. The zero-order valence-electron chi connectivity index (χ0n) is 15.2. The van der Waals surface area contributed by atoms with Gasteiger partial charge in [0.2, 0.25) is 0 Å². The van der Waals surface area contributed by atoms with Gasteiger partial charge in [-0.1, -0.05) is 19.3 Å². The lowest BCUT2D eigenvalue weighted by atomic mass is 9.95. The van der Waals surface area contributed by atoms with Crippen LogP contribution in [0.1, 0.15) is 42.5 Å². The van der Waals surface area contributed by atoms with E-state index in [0.29, 0.717) is 28.8 Å². The van der Waals surface area contributed by atoms with Crippen LogP contribution in [0.3, 0.4) is 0 Å². The number of nitrogens with one attached hydrogen (secondary N) is 2. The summed E-state index contributed by atoms with van der Waals surface area (Å²) < 4.78 is 10.5. The Kier molecular flexibility index (Phi) is 5.94. The second-order valence-corrected chi connectivity index (χ2v) is 6.43. The first-order chi connectivity index (χ1) is 12.7. The minimum absolute atomic E-state index is 0.217. The first kappa shape index (κ1) is 18.0. The van der Waals surface area contributed by atoms with Crippen molar-refractivity contribution in [2.45, 2.75) is 38.1 Å². The summed E-state index contributed by atoms with van der Waals surface area (Å²) in [5, 5.41) is 6.33. The van der Waals surface area contributed by atoms with Gasteiger partial charge in [-0.25, -0.2) is 4.98 Å². The zero-order chi connectivity index (χ0) is 18.4. The van der Waals surface area contributed by atoms with Gasteiger partial charge in [0.1, 0.15) is 17.3 Å². The van der Waals surface area contributed by atoms with Crippen molar-refractivity contribution >= 4 is 17.4 Å². The predicted octanol–water partition coefficient (Wildman–Crippen LogP) is 4.10. The van der Waals surface area contributed by atoms with Crippen molar-refractivity contribution in [1.82, 2.24) is 4.98 Å². The lowest BCUT2D eigenvalue weighted by molar-refractivity contribution is 0.102. The summed E-state index contributed by atoms with van der Waals surface area (Å²) in [6, 6.07) is 9.21. The number of carbonyl (C=O) groups excluding carboxylic acids is 1. The van der Waals surface area contributed by atoms with E-state index >= 15 is 0 Å². The third kappa shape index (κ3) is 4.45. The zero-order valence-corrected chi connectivity index (χ0v) is 15.2. The molecule has 1 aliphatic rings. The van der Waals surface area contributed by atoms with Crippen molar-refractivity contribution in [3.8, 4) is 11.5 Å². The second-order valence-electron chi connectivity index (χ2n) is 6.43. The van der Waals surface area contributed by atoms with E-state index in [1.165, 1.54) is 19.3 Å². The molecule has 0 unspecified atom stereocenters. The summed E-state index contributed by atoms with van der Waals surface area (Å²) >= 11 is 0. The monoisotopic (exact) mass is 355 g/mol. The van der Waals surface area contributed by atoms with E-state index in [9.17, 15) is 4.79 Å². The molecule has 0 radical (unpaired) electrons. The third-order valence-corrected chi connectivity index (χ3v) is 4.63. The smallest absolute Gasteiger partial charge is 0.255 e. The molecular formula is C20H25N3O3. The molecule has 0 atom stereocenters. The number of anilines is 2. The van der Waals surface area contributed by atoms with Gasteiger partial charge < -0.3 is 20.1 Å². The average Bonchev–Trinajstić information content (AvgIpc) is 2.69. The highest BCUT2D eigenvalue weighted by atomic mass is 16.5. The number of hydrogen-bond acceptors (Lipinski definition) is 5. The summed E-state index contributed by atoms with van der Waals surface area (Å²) in [4.78, 5) is 17.0. The van der Waals surface area contributed by atoms with Crippen molar-refractivity contribution in [3.05, 3.63) is 42.1 Å². The fraction of sp³-hybridized carbons (Fsp3) is 0.400. The van der Waals surface area contributed by atoms with Crippen LogP contribution in [0.25, 0.3) is 0 Å². The van der Waals surface area contributed by atoms with Crippen LogP contribution in [0.4, 0.5) is 11.5 Å². The molecule has 6 nitrogen and oxygen atoms in total. The molecule has 0 saturated heterocycles. The number of carbonyl (C=O) groups is 1. The van der Waals surface area contributed by atoms with Gasteiger partial charge in [-0.15, -0.1) is 0 Å². The number of hydrogen-bond donors (Lipinski definition) is 2. The average molecular weight is 355 g/mol. The fourth-order valence-electron chi connectivity index (χ4n) is 3.21. The highest BCUT2D eigenvalue weighted by Gasteiger charge is 2.15. The van der Waals surface area contributed by atoms with Crippen molar-refractivity contribution in [2.24, 2.45) is 0 Å². The Bertz CT molecular complexity index is 758. The molecule has 1 fully saturated rings. The number of amides is 1. The van der Waals surface area contributed by atoms with Crippen LogP contribution >= 0.6 is 0 Å². The summed E-state index contributed by atoms with van der Waals surface area (Å²) in [5.74, 6) is 1.75. The molecule has 0 aliphatic heterocycles. The Balaban J connectivity index is 1.72. The summed E-state index contributed by atoms with van der Waals surface area (Å²) in [7, 11) is 3.15. The molecule has 26 heavy (non-hydrogen) atoms. The maximum absolute atomic E-state index is 12.7. The first-order valence-electron chi connectivity index (χ1n) is 8.95. The Labute approximate surface area is 153 Å². The Hall–Kier alpha value is -2.76. The minimum atomic E-state index is -0.217. The third-order valence-electron chi connectivity index (χ3n) is 4.63. The number of methoxy groups -OCH3 is 2. The molecule has 2 N–H and O–H groups in total. The lowest BCUT2D eigenvalue weighted by Gasteiger charge is -2.23. The van der Waals surface area contributed by atoms with E-state index in [2.05, 4.69) is 15.6 Å². The molecule has 1 saturated carbocycles. The number of benzene rings is 1. The fourth-order valence-corrected chi connectivity index (χ4v) is 3.21. The van der Waals surface area contributed by atoms with E-state index in [0.717, 1.165) is 18.7 Å². The van der Waals surface area contributed by atoms with Gasteiger partial charge in [0.15, 0.2) is 0 Å². The van der Waals surface area contributed by atoms with Crippen LogP contribution in [0.2, 0.25) is 0 Å². The molecule has 0 bridgehead atoms. The molecule has 1 aliphatic carbocycles. The first-order valence-corrected chi connectivity index (χ1v) is 8.95. The number of nitrogens with zero attached hydrogens (tertiary/aromatic N) is 1. The van der Waals surface area contributed by atoms with Crippen molar-refractivity contribution in [3.63, 3.8) is 0 Å². The number of aromatic nitrogens is 1. The van der Waals surface area contributed by atoms with Crippen LogP contribution in [0.15, 0.2) is 36.5 Å². The van der Waals surface area contributed by atoms with Crippen LogP contribution in [-0.4, -0.2) is 31.2 Å². The van der Waals surface area contributed by atoms with E-state index in [4.69, 9.17) is 9.47 Å². The summed E-state index contributed by atoms with van der Waals surface area (Å²) in [6.07, 6.45) is 7.75. The standard InChI is InChI=1S/C20H25N3O3/c1-25-16-8-9-18(26-2)17(13-16)23-20(24)14-10-11-21-19(12-14)22-15-6-4-3-5-7-15/h8-13,15H,3-7H2,1-2H3,(H,21,22)(H,23,24). The van der Waals surface area contributed by atoms with Crippen molar-refractivity contribution in [2.75, 3.05) is 24.9 Å². The minimum Gasteiger partial charge on any atom is -0.497 e. The molecule has 1 aromatic carbocycles. The SMILES string of the molecule is COc1ccc(OC)c(NC(=O)c2ccnc(NC3CCCCC3)c2)c1. The summed E-state index contributed by atoms with van der Waals surface area (Å²) in [5.41, 5.74) is 1.11. The van der Waals surface area contributed by atoms with E-state index in [1.54, 1.807) is 50.7 Å². The normalized spacial score (nSPS) is 14.5. The van der Waals surface area contributed by atoms with Gasteiger partial charge in [-0.2, -0.15) is 0 Å². The summed E-state index contributed by atoms with van der Waals surface area (Å²) in [6.45, 7) is 0. The second kappa shape index (κ2) is 8.56. The van der Waals surface area contributed by atoms with E-state index < -0.39 is 0 Å². The van der Waals surface area contributed by atoms with Crippen LogP contribution < -0.4 is 20.1 Å². The molecule has 0 spiro atoms. The van der Waals surface area contributed by atoms with Crippen molar-refractivity contribution < 1.29 is 14.3 Å². The predicted molar refractivity (Wildman–Crippen MR) is 102 cm³/mol. The van der Waals surface area contributed by atoms with Gasteiger partial charge in [-0.05, 0) is 37.1 Å². The van der Waals surface area contributed by atoms with Gasteiger partial charge in [0.25, 0.3) is 5.91 Å². The number of ether oxygens (including phenoxy) is 2. The molecule has 1 aromatic heterocycles. The molecule has 1 amide bonds. The van der Waals surface area contributed by atoms with Crippen LogP contribution in [0, 0.1) is 0 Å². The molecule has 138 valence electrons. The highest BCUT2D eigenvalue weighted by molar-refractivity contribution is 6.05. The van der Waals surface area contributed by atoms with E-state index in [-0.39, 0.29) is 5.91 Å². The topological polar surface area (TPSA) is 72.5 Å². The number of rotatable bonds is 6. The molecule has 6 heteroatoms. The van der Waals surface area contributed by atoms with Gasteiger partial charge in [0, 0.05) is 23.9 Å². The maximum atomic E-state index is 12.7. The Morgan fingerprint density at radius 3 is 2.62 bits per heavy atom. The molecule has 3 rings (SSSR count). The Morgan fingerprint density at radius 1 is 1.08 bits per heavy atom. The van der Waals surface area contributed by atoms with Crippen molar-refractivity contribution in [1.29, 1.82) is 0 Å². The van der Waals surface area contributed by atoms with Gasteiger partial charge >= 0.3 is 0 Å².